The highest BCUT2D eigenvalue weighted by atomic mass is 16.6. The van der Waals surface area contributed by atoms with Gasteiger partial charge in [0.2, 0.25) is 0 Å². The fourth-order valence-corrected chi connectivity index (χ4v) is 3.37. The van der Waals surface area contributed by atoms with E-state index < -0.39 is 4.92 Å². The van der Waals surface area contributed by atoms with Crippen LogP contribution in [0.15, 0.2) is 54.7 Å². The zero-order valence-electron chi connectivity index (χ0n) is 14.1. The summed E-state index contributed by atoms with van der Waals surface area (Å²) in [5.41, 5.74) is 17.3. The van der Waals surface area contributed by atoms with E-state index in [1.807, 2.05) is 31.2 Å². The van der Waals surface area contributed by atoms with Crippen molar-refractivity contribution in [1.82, 2.24) is 4.98 Å². The van der Waals surface area contributed by atoms with Crippen molar-refractivity contribution in [3.05, 3.63) is 70.4 Å². The fraction of sp³-hybridized carbons (Fsp3) is 0.0500. The monoisotopic (exact) mass is 344 g/mol. The molecule has 0 saturated heterocycles. The summed E-state index contributed by atoms with van der Waals surface area (Å²) in [6, 6.07) is 14.0. The Morgan fingerprint density at radius 3 is 2.42 bits per heavy atom. The molecule has 4 N–H and O–H groups in total. The van der Waals surface area contributed by atoms with Gasteiger partial charge in [0.15, 0.2) is 0 Å². The molecular weight excluding hydrogens is 328 g/mol. The van der Waals surface area contributed by atoms with Crippen LogP contribution in [0.25, 0.3) is 32.8 Å². The van der Waals surface area contributed by atoms with Gasteiger partial charge in [0.1, 0.15) is 0 Å². The maximum absolute atomic E-state index is 10.9. The molecule has 0 atom stereocenters. The summed E-state index contributed by atoms with van der Waals surface area (Å²) in [6.45, 7) is 2.02. The van der Waals surface area contributed by atoms with Gasteiger partial charge in [-0.3, -0.25) is 15.1 Å². The number of nitrogen functional groups attached to an aromatic ring is 2. The van der Waals surface area contributed by atoms with Crippen molar-refractivity contribution in [2.45, 2.75) is 6.92 Å². The summed E-state index contributed by atoms with van der Waals surface area (Å²) >= 11 is 0. The van der Waals surface area contributed by atoms with Gasteiger partial charge < -0.3 is 11.5 Å². The molecule has 4 rings (SSSR count). The molecule has 0 spiro atoms. The number of pyridine rings is 1. The van der Waals surface area contributed by atoms with Crippen molar-refractivity contribution in [3.8, 4) is 11.1 Å². The van der Waals surface area contributed by atoms with Crippen LogP contribution in [-0.2, 0) is 0 Å². The van der Waals surface area contributed by atoms with Gasteiger partial charge in [-0.25, -0.2) is 0 Å². The van der Waals surface area contributed by atoms with Gasteiger partial charge >= 0.3 is 0 Å². The molecule has 0 amide bonds. The van der Waals surface area contributed by atoms with Gasteiger partial charge in [-0.05, 0) is 65.4 Å². The average Bonchev–Trinajstić information content (AvgIpc) is 2.64. The number of benzene rings is 3. The lowest BCUT2D eigenvalue weighted by atomic mass is 9.92. The summed E-state index contributed by atoms with van der Waals surface area (Å²) in [5, 5.41) is 13.7. The lowest BCUT2D eigenvalue weighted by Crippen LogP contribution is -1.96. The van der Waals surface area contributed by atoms with E-state index in [0.29, 0.717) is 11.4 Å². The first kappa shape index (κ1) is 15.8. The second kappa shape index (κ2) is 5.70. The number of hydrogen-bond acceptors (Lipinski definition) is 5. The van der Waals surface area contributed by atoms with Crippen LogP contribution in [0.1, 0.15) is 5.56 Å². The highest BCUT2D eigenvalue weighted by Crippen LogP contribution is 2.37. The van der Waals surface area contributed by atoms with Crippen LogP contribution in [0.4, 0.5) is 17.1 Å². The van der Waals surface area contributed by atoms with E-state index in [0.717, 1.165) is 38.4 Å². The van der Waals surface area contributed by atoms with E-state index in [1.54, 1.807) is 18.3 Å². The maximum atomic E-state index is 10.9. The van der Waals surface area contributed by atoms with Gasteiger partial charge in [0.25, 0.3) is 5.69 Å². The summed E-state index contributed by atoms with van der Waals surface area (Å²) in [4.78, 5) is 15.0. The van der Waals surface area contributed by atoms with Gasteiger partial charge in [-0.15, -0.1) is 0 Å². The minimum Gasteiger partial charge on any atom is -0.399 e. The smallest absolute Gasteiger partial charge is 0.269 e. The van der Waals surface area contributed by atoms with Crippen LogP contribution in [0, 0.1) is 17.0 Å². The van der Waals surface area contributed by atoms with E-state index in [1.165, 1.54) is 12.1 Å². The topological polar surface area (TPSA) is 108 Å². The van der Waals surface area contributed by atoms with Crippen molar-refractivity contribution >= 4 is 38.7 Å². The Morgan fingerprint density at radius 2 is 1.73 bits per heavy atom. The van der Waals surface area contributed by atoms with Crippen LogP contribution in [-0.4, -0.2) is 9.91 Å². The van der Waals surface area contributed by atoms with Gasteiger partial charge in [-0.2, -0.15) is 0 Å². The lowest BCUT2D eigenvalue weighted by molar-refractivity contribution is -0.384. The highest BCUT2D eigenvalue weighted by molar-refractivity contribution is 6.13. The van der Waals surface area contributed by atoms with E-state index in [2.05, 4.69) is 4.98 Å². The fourth-order valence-electron chi connectivity index (χ4n) is 3.37. The van der Waals surface area contributed by atoms with E-state index >= 15 is 0 Å². The van der Waals surface area contributed by atoms with Crippen LogP contribution < -0.4 is 11.5 Å². The molecule has 0 aliphatic heterocycles. The third kappa shape index (κ3) is 2.39. The number of nitrogens with two attached hydrogens (primary N) is 2. The van der Waals surface area contributed by atoms with Crippen molar-refractivity contribution in [3.63, 3.8) is 0 Å². The van der Waals surface area contributed by atoms with Crippen LogP contribution >= 0.6 is 0 Å². The Kier molecular flexibility index (Phi) is 3.47. The normalized spacial score (nSPS) is 11.1. The summed E-state index contributed by atoms with van der Waals surface area (Å²) < 4.78 is 0. The van der Waals surface area contributed by atoms with Crippen LogP contribution in [0.5, 0.6) is 0 Å². The number of aryl methyl sites for hydroxylation is 1. The SMILES string of the molecule is Cc1c(-c2ccc([N+](=O)[O-])cc2)cc(N)c2cnc3ccc(N)cc3c12. The first-order valence-electron chi connectivity index (χ1n) is 8.07. The number of rotatable bonds is 2. The van der Waals surface area contributed by atoms with Gasteiger partial charge in [-0.1, -0.05) is 0 Å². The molecule has 1 aromatic heterocycles. The molecule has 6 nitrogen and oxygen atoms in total. The molecule has 0 radical (unpaired) electrons. The molecule has 0 saturated carbocycles. The summed E-state index contributed by atoms with van der Waals surface area (Å²) in [7, 11) is 0. The van der Waals surface area contributed by atoms with E-state index in [4.69, 9.17) is 11.5 Å². The largest absolute Gasteiger partial charge is 0.399 e. The van der Waals surface area contributed by atoms with Gasteiger partial charge in [0, 0.05) is 40.5 Å². The quantitative estimate of drug-likeness (QED) is 0.242. The maximum Gasteiger partial charge on any atom is 0.269 e. The standard InChI is InChI=1S/C20H16N4O2/c1-11-15(12-2-5-14(6-3-12)24(25)26)9-18(22)17-10-23-19-7-4-13(21)8-16(19)20(11)17/h2-10H,21-22H2,1H3. The second-order valence-corrected chi connectivity index (χ2v) is 6.27. The Balaban J connectivity index is 2.05. The molecule has 3 aromatic carbocycles. The zero-order valence-corrected chi connectivity index (χ0v) is 14.1. The second-order valence-electron chi connectivity index (χ2n) is 6.27. The van der Waals surface area contributed by atoms with E-state index in [9.17, 15) is 10.1 Å². The number of hydrogen-bond donors (Lipinski definition) is 2. The van der Waals surface area contributed by atoms with Crippen molar-refractivity contribution in [1.29, 1.82) is 0 Å². The molecule has 128 valence electrons. The molecule has 1 heterocycles. The zero-order chi connectivity index (χ0) is 18.4. The summed E-state index contributed by atoms with van der Waals surface area (Å²) in [6.07, 6.45) is 1.77. The predicted octanol–water partition coefficient (Wildman–Crippen LogP) is 4.44. The number of anilines is 2. The van der Waals surface area contributed by atoms with Crippen molar-refractivity contribution in [2.24, 2.45) is 0 Å². The molecule has 26 heavy (non-hydrogen) atoms. The summed E-state index contributed by atoms with van der Waals surface area (Å²) in [5.74, 6) is 0. The van der Waals surface area contributed by atoms with Crippen LogP contribution in [0.2, 0.25) is 0 Å². The Bertz CT molecular complexity index is 1180. The number of nitrogens with zero attached hydrogens (tertiary/aromatic N) is 2. The van der Waals surface area contributed by atoms with Crippen LogP contribution in [0.3, 0.4) is 0 Å². The number of aromatic nitrogens is 1. The number of nitro benzene ring substituents is 1. The molecule has 0 aliphatic carbocycles. The minimum atomic E-state index is -0.409. The molecular formula is C20H16N4O2. The molecule has 0 fully saturated rings. The van der Waals surface area contributed by atoms with E-state index in [-0.39, 0.29) is 5.69 Å². The minimum absolute atomic E-state index is 0.0580. The number of fused-ring (bicyclic) bond motifs is 3. The van der Waals surface area contributed by atoms with Crippen molar-refractivity contribution < 1.29 is 4.92 Å². The molecule has 0 aliphatic rings. The highest BCUT2D eigenvalue weighted by Gasteiger charge is 2.14. The molecule has 0 bridgehead atoms. The average molecular weight is 344 g/mol. The van der Waals surface area contributed by atoms with Gasteiger partial charge in [0.05, 0.1) is 10.4 Å². The first-order valence-corrected chi connectivity index (χ1v) is 8.07. The first-order chi connectivity index (χ1) is 12.5. The molecule has 0 unspecified atom stereocenters. The predicted molar refractivity (Wildman–Crippen MR) is 105 cm³/mol. The third-order valence-electron chi connectivity index (χ3n) is 4.67. The number of non-ortho nitro benzene ring substituents is 1. The Morgan fingerprint density at radius 1 is 1.00 bits per heavy atom. The molecule has 6 heteroatoms. The third-order valence-corrected chi connectivity index (χ3v) is 4.67. The Hall–Kier alpha value is -3.67. The molecule has 4 aromatic rings. The lowest BCUT2D eigenvalue weighted by Gasteiger charge is -2.14. The number of nitro groups is 1. The Labute approximate surface area is 149 Å². The van der Waals surface area contributed by atoms with Crippen molar-refractivity contribution in [2.75, 3.05) is 11.5 Å².